The van der Waals surface area contributed by atoms with Crippen LogP contribution in [0.5, 0.6) is 74.7 Å². The molecule has 0 saturated carbocycles. The molecule has 0 amide bonds. The molecular formula is C48H56N2O32. The first-order valence-corrected chi connectivity index (χ1v) is 23.7. The highest BCUT2D eigenvalue weighted by molar-refractivity contribution is 6.12. The Hall–Kier alpha value is -7.14. The van der Waals surface area contributed by atoms with Crippen molar-refractivity contribution in [2.45, 2.75) is 89.9 Å². The number of hydrogen-bond donors (Lipinski definition) is 25. The number of hydrogen-bond acceptors (Lipinski definition) is 34. The maximum Gasteiger partial charge on any atom is 0.290 e. The van der Waals surface area contributed by atoms with Crippen LogP contribution in [-0.4, -0.2) is 242 Å². The molecule has 8 rings (SSSR count). The van der Waals surface area contributed by atoms with Crippen LogP contribution in [-0.2, 0) is 25.3 Å². The standard InChI is InChI=1S/C48H56N2O32/c1-78-33-24(51)19-13-39(61,37(59)21(19)26(53)35(33)80-3)41(63,64)18-9-11-49(12-10-18)42(65,66)23-28(55)30(57)32(31(58)29(23)56)81-16-82-36-27(54)22-20(25(52)34(36)79-2)14-40(62,38(22)60)44(68,69)43(67)45(70,71)47(74,75)50(48(76,77)46(43,72)73)15-17-7-5-4-6-8-17/h4-8,18,51-58,61-77H,9-16H2,1-3H3. The van der Waals surface area contributed by atoms with Crippen molar-refractivity contribution >= 4 is 11.6 Å². The van der Waals surface area contributed by atoms with Crippen LogP contribution in [0.1, 0.15) is 55.8 Å². The number of aliphatic hydroxyl groups is 17. The Labute approximate surface area is 457 Å². The first kappa shape index (κ1) is 60.9. The van der Waals surface area contributed by atoms with E-state index in [0.29, 0.717) is 4.90 Å². The van der Waals surface area contributed by atoms with Gasteiger partial charge in [-0.2, -0.15) is 4.90 Å². The van der Waals surface area contributed by atoms with Crippen molar-refractivity contribution in [1.82, 2.24) is 9.80 Å². The number of phenols is 8. The van der Waals surface area contributed by atoms with Gasteiger partial charge in [-0.05, 0) is 18.4 Å². The molecule has 0 radical (unpaired) electrons. The summed E-state index contributed by atoms with van der Waals surface area (Å²) in [5.41, 5.74) is -18.7. The van der Waals surface area contributed by atoms with Crippen LogP contribution in [0.3, 0.4) is 0 Å². The number of aromatic hydroxyl groups is 8. The lowest BCUT2D eigenvalue weighted by molar-refractivity contribution is -0.623. The number of ether oxygens (including phenoxy) is 5. The highest BCUT2D eigenvalue weighted by Crippen LogP contribution is 2.62. The van der Waals surface area contributed by atoms with E-state index in [0.717, 1.165) is 33.5 Å². The molecule has 4 aliphatic rings. The van der Waals surface area contributed by atoms with Crippen molar-refractivity contribution in [2.75, 3.05) is 41.2 Å². The summed E-state index contributed by atoms with van der Waals surface area (Å²) in [6, 6.07) is 6.28. The Bertz CT molecular complexity index is 3200. The maximum absolute atomic E-state index is 14.1. The fourth-order valence-corrected chi connectivity index (χ4v) is 11.1. The normalized spacial score (nSPS) is 23.3. The van der Waals surface area contributed by atoms with Gasteiger partial charge >= 0.3 is 0 Å². The summed E-state index contributed by atoms with van der Waals surface area (Å²) in [5.74, 6) is -54.2. The molecule has 2 aliphatic heterocycles. The smallest absolute Gasteiger partial charge is 0.290 e. The van der Waals surface area contributed by atoms with E-state index in [-0.39, 0.29) is 5.56 Å². The van der Waals surface area contributed by atoms with Gasteiger partial charge in [0, 0.05) is 49.5 Å². The zero-order valence-corrected chi connectivity index (χ0v) is 42.6. The number of likely N-dealkylation sites (tertiary alicyclic amines) is 2. The van der Waals surface area contributed by atoms with Crippen molar-refractivity contribution in [3.05, 3.63) is 63.7 Å². The van der Waals surface area contributed by atoms with E-state index in [1.165, 1.54) is 18.2 Å². The van der Waals surface area contributed by atoms with Gasteiger partial charge < -0.3 is 151 Å². The second-order valence-corrected chi connectivity index (χ2v) is 20.0. The average molecular weight is 1170 g/mol. The predicted molar refractivity (Wildman–Crippen MR) is 255 cm³/mol. The van der Waals surface area contributed by atoms with Crippen LogP contribution >= 0.6 is 0 Å². The molecule has 2 saturated heterocycles. The Morgan fingerprint density at radius 1 is 0.524 bits per heavy atom. The number of piperidine rings is 2. The van der Waals surface area contributed by atoms with E-state index in [9.17, 15) is 137 Å². The molecule has 0 bridgehead atoms. The van der Waals surface area contributed by atoms with E-state index >= 15 is 0 Å². The van der Waals surface area contributed by atoms with Crippen LogP contribution in [0.25, 0.3) is 0 Å². The zero-order valence-electron chi connectivity index (χ0n) is 42.6. The summed E-state index contributed by atoms with van der Waals surface area (Å²) in [6.45, 7) is -4.16. The van der Waals surface area contributed by atoms with Crippen molar-refractivity contribution in [3.63, 3.8) is 0 Å². The minimum atomic E-state index is -5.60. The molecule has 0 spiro atoms. The van der Waals surface area contributed by atoms with E-state index in [2.05, 4.69) is 0 Å². The lowest BCUT2D eigenvalue weighted by atomic mass is 9.63. The predicted octanol–water partition coefficient (Wildman–Crippen LogP) is -7.53. The Morgan fingerprint density at radius 3 is 1.39 bits per heavy atom. The summed E-state index contributed by atoms with van der Waals surface area (Å²) in [4.78, 5) is 27.7. The van der Waals surface area contributed by atoms with Gasteiger partial charge in [0.05, 0.1) is 32.5 Å². The van der Waals surface area contributed by atoms with Gasteiger partial charge in [0.2, 0.25) is 75.8 Å². The van der Waals surface area contributed by atoms with Crippen molar-refractivity contribution in [3.8, 4) is 74.7 Å². The maximum atomic E-state index is 14.1. The van der Waals surface area contributed by atoms with Crippen LogP contribution in [0, 0.1) is 5.92 Å². The van der Waals surface area contributed by atoms with E-state index in [1.54, 1.807) is 0 Å². The summed E-state index contributed by atoms with van der Waals surface area (Å²) in [6.07, 6.45) is -3.98. The summed E-state index contributed by atoms with van der Waals surface area (Å²) >= 11 is 0. The zero-order chi connectivity index (χ0) is 61.6. The number of methoxy groups -OCH3 is 3. The third kappa shape index (κ3) is 7.64. The molecule has 0 aromatic heterocycles. The molecule has 34 nitrogen and oxygen atoms in total. The molecule has 4 aromatic carbocycles. The van der Waals surface area contributed by atoms with E-state index < -0.39 is 235 Å². The summed E-state index contributed by atoms with van der Waals surface area (Å²) < 4.78 is 25.4. The monoisotopic (exact) mass is 1170 g/mol. The quantitative estimate of drug-likeness (QED) is 0.0299. The third-order valence-corrected chi connectivity index (χ3v) is 15.8. The summed E-state index contributed by atoms with van der Waals surface area (Å²) in [5, 5.41) is 281. The highest BCUT2D eigenvalue weighted by Gasteiger charge is 2.92. The minimum absolute atomic E-state index is 0.179. The third-order valence-electron chi connectivity index (χ3n) is 15.8. The molecule has 82 heavy (non-hydrogen) atoms. The van der Waals surface area contributed by atoms with Crippen molar-refractivity contribution < 1.29 is 161 Å². The number of Topliss-reactive ketones (excluding diaryl/α,β-unsaturated/α-hetero) is 2. The molecule has 4 aromatic rings. The molecule has 450 valence electrons. The van der Waals surface area contributed by atoms with Crippen LogP contribution in [0.15, 0.2) is 30.3 Å². The number of fused-ring (bicyclic) bond motifs is 2. The lowest BCUT2D eigenvalue weighted by Gasteiger charge is -2.66. The molecule has 2 atom stereocenters. The van der Waals surface area contributed by atoms with E-state index in [4.69, 9.17) is 23.7 Å². The summed E-state index contributed by atoms with van der Waals surface area (Å²) in [7, 11) is 2.88. The highest BCUT2D eigenvalue weighted by atomic mass is 16.7. The van der Waals surface area contributed by atoms with Gasteiger partial charge in [0.15, 0.2) is 45.7 Å². The fraction of sp³-hybridized carbons (Fsp3) is 0.458. The molecule has 34 heteroatoms. The SMILES string of the molecule is COc1c(O)c2c(c(O)c1OC)C(=O)C(O)(C(O)(O)C1CCN(C(O)(O)c3c(O)c(O)c(OCOc4c(O)c5c(c(O)c4OC)CC(O)(C(O)(O)C4(O)C(O)(O)C(O)(O)N(Cc6ccccc6)C(O)(O)C4(O)O)C5=O)c(O)c3O)CC1)C2. The molecular weight excluding hydrogens is 1120 g/mol. The van der Waals surface area contributed by atoms with Crippen LogP contribution in [0.4, 0.5) is 0 Å². The number of carbonyl (C=O) groups excluding carboxylic acids is 2. The van der Waals surface area contributed by atoms with Gasteiger partial charge in [0.1, 0.15) is 5.56 Å². The number of benzene rings is 4. The van der Waals surface area contributed by atoms with Crippen LogP contribution in [0.2, 0.25) is 0 Å². The number of phenolic OH excluding ortho intramolecular Hbond substituents is 8. The molecule has 25 N–H and O–H groups in total. The van der Waals surface area contributed by atoms with Crippen molar-refractivity contribution in [1.29, 1.82) is 0 Å². The molecule has 2 aliphatic carbocycles. The Kier molecular flexibility index (Phi) is 14.3. The van der Waals surface area contributed by atoms with Gasteiger partial charge in [-0.15, -0.1) is 0 Å². The largest absolute Gasteiger partial charge is 0.504 e. The Balaban J connectivity index is 1.02. The average Bonchev–Trinajstić information content (AvgIpc) is 2.67. The van der Waals surface area contributed by atoms with E-state index in [1.807, 2.05) is 0 Å². The van der Waals surface area contributed by atoms with Crippen LogP contribution < -0.4 is 23.7 Å². The number of rotatable bonds is 15. The minimum Gasteiger partial charge on any atom is -0.504 e. The Morgan fingerprint density at radius 2 is 0.927 bits per heavy atom. The topological polar surface area (TPSA) is 593 Å². The number of ketones is 2. The first-order chi connectivity index (χ1) is 37.7. The van der Waals surface area contributed by atoms with Crippen molar-refractivity contribution in [2.24, 2.45) is 5.92 Å². The number of carbonyl (C=O) groups is 2. The van der Waals surface area contributed by atoms with Gasteiger partial charge in [-0.25, -0.2) is 4.90 Å². The molecule has 2 fully saturated rings. The first-order valence-electron chi connectivity index (χ1n) is 23.7. The molecule has 2 unspecified atom stereocenters. The fourth-order valence-electron chi connectivity index (χ4n) is 11.1. The second kappa shape index (κ2) is 19.2. The second-order valence-electron chi connectivity index (χ2n) is 20.0. The van der Waals surface area contributed by atoms with Gasteiger partial charge in [-0.3, -0.25) is 9.59 Å². The van der Waals surface area contributed by atoms with Gasteiger partial charge in [0.25, 0.3) is 29.3 Å². The lowest BCUT2D eigenvalue weighted by Crippen LogP contribution is -2.98. The molecule has 2 heterocycles. The number of nitrogens with zero attached hydrogens (tertiary/aromatic N) is 2. The van der Waals surface area contributed by atoms with Gasteiger partial charge in [-0.1, -0.05) is 30.3 Å².